The first kappa shape index (κ1) is 14.8. The molecule has 2 N–H and O–H groups in total. The molecule has 1 aromatic rings. The highest BCUT2D eigenvalue weighted by atomic mass is 32.1. The van der Waals surface area contributed by atoms with E-state index in [1.807, 2.05) is 14.1 Å². The SMILES string of the molecule is CCCCNC(=S)NCc1ccc(N(C)C)cc1. The Labute approximate surface area is 116 Å². The van der Waals surface area contributed by atoms with E-state index < -0.39 is 0 Å². The molecule has 0 bridgehead atoms. The number of anilines is 1. The molecule has 0 radical (unpaired) electrons. The van der Waals surface area contributed by atoms with Gasteiger partial charge >= 0.3 is 0 Å². The Morgan fingerprint density at radius 2 is 1.83 bits per heavy atom. The Hall–Kier alpha value is -1.29. The van der Waals surface area contributed by atoms with Crippen molar-refractivity contribution in [1.82, 2.24) is 10.6 Å². The molecule has 0 unspecified atom stereocenters. The number of hydrogen-bond acceptors (Lipinski definition) is 2. The van der Waals surface area contributed by atoms with Gasteiger partial charge in [-0.1, -0.05) is 25.5 Å². The molecule has 0 aliphatic carbocycles. The standard InChI is InChI=1S/C14H23N3S/c1-4-5-10-15-14(18)16-11-12-6-8-13(9-7-12)17(2)3/h6-9H,4-5,10-11H2,1-3H3,(H2,15,16,18). The van der Waals surface area contributed by atoms with Crippen LogP contribution in [0, 0.1) is 0 Å². The number of benzene rings is 1. The summed E-state index contributed by atoms with van der Waals surface area (Å²) in [4.78, 5) is 2.09. The molecular formula is C14H23N3S. The molecule has 0 saturated heterocycles. The third-order valence-electron chi connectivity index (χ3n) is 2.72. The molecule has 0 saturated carbocycles. The molecule has 0 aromatic heterocycles. The molecule has 1 rings (SSSR count). The number of nitrogens with zero attached hydrogens (tertiary/aromatic N) is 1. The first-order chi connectivity index (χ1) is 8.63. The second-order valence-electron chi connectivity index (χ2n) is 4.52. The molecule has 0 atom stereocenters. The van der Waals surface area contributed by atoms with Crippen LogP contribution in [0.25, 0.3) is 0 Å². The molecule has 0 heterocycles. The predicted octanol–water partition coefficient (Wildman–Crippen LogP) is 2.52. The lowest BCUT2D eigenvalue weighted by Crippen LogP contribution is -2.35. The average molecular weight is 265 g/mol. The van der Waals surface area contributed by atoms with E-state index >= 15 is 0 Å². The van der Waals surface area contributed by atoms with Crippen LogP contribution in [-0.2, 0) is 6.54 Å². The Morgan fingerprint density at radius 1 is 1.17 bits per heavy atom. The highest BCUT2D eigenvalue weighted by Gasteiger charge is 1.98. The molecule has 100 valence electrons. The summed E-state index contributed by atoms with van der Waals surface area (Å²) in [6.07, 6.45) is 2.33. The van der Waals surface area contributed by atoms with Crippen LogP contribution in [0.2, 0.25) is 0 Å². The summed E-state index contributed by atoms with van der Waals surface area (Å²) < 4.78 is 0. The van der Waals surface area contributed by atoms with Gasteiger partial charge in [-0.15, -0.1) is 0 Å². The number of unbranched alkanes of at least 4 members (excludes halogenated alkanes) is 1. The van der Waals surface area contributed by atoms with Crippen molar-refractivity contribution in [2.45, 2.75) is 26.3 Å². The van der Waals surface area contributed by atoms with Crippen LogP contribution in [0.3, 0.4) is 0 Å². The van der Waals surface area contributed by atoms with Crippen molar-refractivity contribution >= 4 is 23.0 Å². The summed E-state index contributed by atoms with van der Waals surface area (Å²) in [7, 11) is 4.08. The van der Waals surface area contributed by atoms with Crippen LogP contribution in [0.5, 0.6) is 0 Å². The lowest BCUT2D eigenvalue weighted by Gasteiger charge is -2.13. The van der Waals surface area contributed by atoms with E-state index in [-0.39, 0.29) is 0 Å². The van der Waals surface area contributed by atoms with E-state index in [1.54, 1.807) is 0 Å². The molecule has 0 aliphatic heterocycles. The summed E-state index contributed by atoms with van der Waals surface area (Å²) in [5, 5.41) is 7.15. The largest absolute Gasteiger partial charge is 0.378 e. The molecule has 0 spiro atoms. The zero-order chi connectivity index (χ0) is 13.4. The van der Waals surface area contributed by atoms with Crippen LogP contribution >= 0.6 is 12.2 Å². The third-order valence-corrected chi connectivity index (χ3v) is 3.01. The van der Waals surface area contributed by atoms with Crippen LogP contribution in [0.4, 0.5) is 5.69 Å². The molecule has 0 amide bonds. The molecule has 4 heteroatoms. The smallest absolute Gasteiger partial charge is 0.166 e. The summed E-state index contributed by atoms with van der Waals surface area (Å²) in [6, 6.07) is 8.48. The van der Waals surface area contributed by atoms with Crippen LogP contribution in [0.15, 0.2) is 24.3 Å². The zero-order valence-corrected chi connectivity index (χ0v) is 12.3. The van der Waals surface area contributed by atoms with E-state index in [2.05, 4.69) is 46.7 Å². The Balaban J connectivity index is 2.32. The van der Waals surface area contributed by atoms with Gasteiger partial charge in [0, 0.05) is 32.9 Å². The van der Waals surface area contributed by atoms with Crippen LogP contribution in [0.1, 0.15) is 25.3 Å². The maximum absolute atomic E-state index is 5.20. The lowest BCUT2D eigenvalue weighted by molar-refractivity contribution is 0.739. The van der Waals surface area contributed by atoms with Crippen LogP contribution < -0.4 is 15.5 Å². The monoisotopic (exact) mass is 265 g/mol. The van der Waals surface area contributed by atoms with E-state index in [1.165, 1.54) is 17.7 Å². The van der Waals surface area contributed by atoms with Gasteiger partial charge in [0.2, 0.25) is 0 Å². The summed E-state index contributed by atoms with van der Waals surface area (Å²) in [5.41, 5.74) is 2.45. The van der Waals surface area contributed by atoms with Gasteiger partial charge in [-0.05, 0) is 36.3 Å². The number of thiocarbonyl (C=S) groups is 1. The normalized spacial score (nSPS) is 9.94. The topological polar surface area (TPSA) is 27.3 Å². The first-order valence-corrected chi connectivity index (χ1v) is 6.82. The van der Waals surface area contributed by atoms with Crippen molar-refractivity contribution in [1.29, 1.82) is 0 Å². The summed E-state index contributed by atoms with van der Waals surface area (Å²) in [5.74, 6) is 0. The zero-order valence-electron chi connectivity index (χ0n) is 11.5. The van der Waals surface area contributed by atoms with E-state index in [4.69, 9.17) is 12.2 Å². The van der Waals surface area contributed by atoms with E-state index in [0.717, 1.165) is 24.6 Å². The van der Waals surface area contributed by atoms with Gasteiger partial charge in [-0.3, -0.25) is 0 Å². The van der Waals surface area contributed by atoms with Crippen molar-refractivity contribution < 1.29 is 0 Å². The molecule has 0 aliphatic rings. The lowest BCUT2D eigenvalue weighted by atomic mass is 10.2. The highest BCUT2D eigenvalue weighted by molar-refractivity contribution is 7.80. The first-order valence-electron chi connectivity index (χ1n) is 6.41. The van der Waals surface area contributed by atoms with Gasteiger partial charge in [0.05, 0.1) is 0 Å². The van der Waals surface area contributed by atoms with Crippen molar-refractivity contribution in [2.24, 2.45) is 0 Å². The van der Waals surface area contributed by atoms with Gasteiger partial charge in [-0.2, -0.15) is 0 Å². The second-order valence-corrected chi connectivity index (χ2v) is 4.93. The van der Waals surface area contributed by atoms with Crippen molar-refractivity contribution in [2.75, 3.05) is 25.5 Å². The molecule has 18 heavy (non-hydrogen) atoms. The van der Waals surface area contributed by atoms with Crippen molar-refractivity contribution in [3.05, 3.63) is 29.8 Å². The fraction of sp³-hybridized carbons (Fsp3) is 0.500. The van der Waals surface area contributed by atoms with Crippen molar-refractivity contribution in [3.8, 4) is 0 Å². The predicted molar refractivity (Wildman–Crippen MR) is 83.1 cm³/mol. The van der Waals surface area contributed by atoms with Crippen molar-refractivity contribution in [3.63, 3.8) is 0 Å². The number of rotatable bonds is 6. The Morgan fingerprint density at radius 3 is 2.39 bits per heavy atom. The van der Waals surface area contributed by atoms with E-state index in [0.29, 0.717) is 0 Å². The summed E-state index contributed by atoms with van der Waals surface area (Å²) >= 11 is 5.20. The quantitative estimate of drug-likeness (QED) is 0.610. The summed E-state index contributed by atoms with van der Waals surface area (Å²) in [6.45, 7) is 3.89. The van der Waals surface area contributed by atoms with Gasteiger partial charge in [0.1, 0.15) is 0 Å². The van der Waals surface area contributed by atoms with E-state index in [9.17, 15) is 0 Å². The van der Waals surface area contributed by atoms with Gasteiger partial charge in [-0.25, -0.2) is 0 Å². The molecule has 0 fully saturated rings. The number of hydrogen-bond donors (Lipinski definition) is 2. The Bertz CT molecular complexity index is 360. The molecule has 3 nitrogen and oxygen atoms in total. The Kier molecular flexibility index (Phi) is 6.50. The van der Waals surface area contributed by atoms with Gasteiger partial charge in [0.15, 0.2) is 5.11 Å². The minimum absolute atomic E-state index is 0.736. The van der Waals surface area contributed by atoms with Gasteiger partial charge < -0.3 is 15.5 Å². The van der Waals surface area contributed by atoms with Gasteiger partial charge in [0.25, 0.3) is 0 Å². The number of nitrogens with one attached hydrogen (secondary N) is 2. The minimum Gasteiger partial charge on any atom is -0.378 e. The highest BCUT2D eigenvalue weighted by Crippen LogP contribution is 2.11. The maximum atomic E-state index is 5.20. The third kappa shape index (κ3) is 5.36. The average Bonchev–Trinajstić information content (AvgIpc) is 2.37. The molecular weight excluding hydrogens is 242 g/mol. The fourth-order valence-corrected chi connectivity index (χ4v) is 1.71. The maximum Gasteiger partial charge on any atom is 0.166 e. The fourth-order valence-electron chi connectivity index (χ4n) is 1.54. The molecule has 1 aromatic carbocycles. The second kappa shape index (κ2) is 7.93. The van der Waals surface area contributed by atoms with Crippen LogP contribution in [-0.4, -0.2) is 25.8 Å². The minimum atomic E-state index is 0.736.